The van der Waals surface area contributed by atoms with Crippen LogP contribution < -0.4 is 14.4 Å². The van der Waals surface area contributed by atoms with Crippen molar-refractivity contribution in [1.82, 2.24) is 0 Å². The van der Waals surface area contributed by atoms with Crippen molar-refractivity contribution in [1.29, 1.82) is 0 Å². The first-order valence-electron chi connectivity index (χ1n) is 6.51. The maximum absolute atomic E-state index is 12.1. The molecular weight excluding hydrogens is 278 g/mol. The van der Waals surface area contributed by atoms with Crippen LogP contribution in [0.15, 0.2) is 18.2 Å². The number of amides is 1. The van der Waals surface area contributed by atoms with Crippen LogP contribution in [0.2, 0.25) is 0 Å². The smallest absolute Gasteiger partial charge is 0.228 e. The highest BCUT2D eigenvalue weighted by atomic mass is 32.2. The lowest BCUT2D eigenvalue weighted by molar-refractivity contribution is -0.117. The molecule has 0 N–H and O–H groups in total. The van der Waals surface area contributed by atoms with Gasteiger partial charge < -0.3 is 14.4 Å². The van der Waals surface area contributed by atoms with Crippen molar-refractivity contribution in [2.75, 3.05) is 24.7 Å². The minimum absolute atomic E-state index is 0.0354. The lowest BCUT2D eigenvalue weighted by Gasteiger charge is -2.22. The van der Waals surface area contributed by atoms with E-state index in [0.717, 1.165) is 5.69 Å². The van der Waals surface area contributed by atoms with E-state index in [9.17, 15) is 9.59 Å². The van der Waals surface area contributed by atoms with Crippen molar-refractivity contribution < 1.29 is 19.1 Å². The molecule has 2 aliphatic rings. The Morgan fingerprint density at radius 1 is 1.30 bits per heavy atom. The molecule has 1 unspecified atom stereocenters. The number of hydrogen-bond acceptors (Lipinski definition) is 5. The Labute approximate surface area is 121 Å². The number of thioether (sulfide) groups is 1. The molecule has 106 valence electrons. The SMILES string of the molecule is CC(=O)SC1CC(=O)N(c2ccc3c(c2)OCCO3)C1. The van der Waals surface area contributed by atoms with Crippen LogP contribution in [-0.2, 0) is 9.59 Å². The van der Waals surface area contributed by atoms with Gasteiger partial charge in [0.1, 0.15) is 13.2 Å². The molecule has 0 radical (unpaired) electrons. The van der Waals surface area contributed by atoms with E-state index in [1.165, 1.54) is 18.7 Å². The van der Waals surface area contributed by atoms with Crippen LogP contribution in [-0.4, -0.2) is 36.0 Å². The van der Waals surface area contributed by atoms with Crippen LogP contribution in [0.25, 0.3) is 0 Å². The van der Waals surface area contributed by atoms with Gasteiger partial charge in [-0.05, 0) is 12.1 Å². The molecule has 1 atom stereocenters. The van der Waals surface area contributed by atoms with Gasteiger partial charge in [0.15, 0.2) is 16.6 Å². The summed E-state index contributed by atoms with van der Waals surface area (Å²) in [5.74, 6) is 1.42. The highest BCUT2D eigenvalue weighted by Crippen LogP contribution is 2.36. The van der Waals surface area contributed by atoms with E-state index in [-0.39, 0.29) is 16.3 Å². The Bertz CT molecular complexity index is 560. The summed E-state index contributed by atoms with van der Waals surface area (Å²) in [6.07, 6.45) is 0.401. The summed E-state index contributed by atoms with van der Waals surface area (Å²) in [7, 11) is 0. The van der Waals surface area contributed by atoms with E-state index in [1.807, 2.05) is 18.2 Å². The van der Waals surface area contributed by atoms with Gasteiger partial charge in [-0.3, -0.25) is 9.59 Å². The van der Waals surface area contributed by atoms with Gasteiger partial charge in [0.25, 0.3) is 0 Å². The fraction of sp³-hybridized carbons (Fsp3) is 0.429. The van der Waals surface area contributed by atoms with E-state index in [1.54, 1.807) is 4.90 Å². The first-order chi connectivity index (χ1) is 9.63. The Morgan fingerprint density at radius 3 is 2.80 bits per heavy atom. The second-order valence-corrected chi connectivity index (χ2v) is 6.25. The Kier molecular flexibility index (Phi) is 3.56. The summed E-state index contributed by atoms with van der Waals surface area (Å²) >= 11 is 1.24. The fourth-order valence-electron chi connectivity index (χ4n) is 2.44. The predicted molar refractivity (Wildman–Crippen MR) is 76.5 cm³/mol. The molecular formula is C14H15NO4S. The highest BCUT2D eigenvalue weighted by molar-refractivity contribution is 8.14. The van der Waals surface area contributed by atoms with Gasteiger partial charge in [0.2, 0.25) is 5.91 Å². The molecule has 0 saturated carbocycles. The van der Waals surface area contributed by atoms with Gasteiger partial charge in [-0.2, -0.15) is 0 Å². The standard InChI is InChI=1S/C14H15NO4S/c1-9(16)20-11-7-14(17)15(8-11)10-2-3-12-13(6-10)19-5-4-18-12/h2-3,6,11H,4-5,7-8H2,1H3. The molecule has 2 aliphatic heterocycles. The molecule has 2 heterocycles. The van der Waals surface area contributed by atoms with E-state index in [2.05, 4.69) is 0 Å². The zero-order chi connectivity index (χ0) is 14.1. The number of rotatable bonds is 2. The quantitative estimate of drug-likeness (QED) is 0.833. The van der Waals surface area contributed by atoms with Gasteiger partial charge in [-0.1, -0.05) is 11.8 Å². The molecule has 5 nitrogen and oxygen atoms in total. The average molecular weight is 293 g/mol. The molecule has 1 amide bonds. The monoisotopic (exact) mass is 293 g/mol. The Balaban J connectivity index is 1.79. The van der Waals surface area contributed by atoms with Crippen LogP contribution in [0, 0.1) is 0 Å². The molecule has 1 fully saturated rings. The second kappa shape index (κ2) is 5.36. The summed E-state index contributed by atoms with van der Waals surface area (Å²) in [5, 5.41) is 0.0834. The molecule has 1 aromatic carbocycles. The molecule has 0 aromatic heterocycles. The van der Waals surface area contributed by atoms with Crippen LogP contribution >= 0.6 is 11.8 Å². The molecule has 6 heteroatoms. The van der Waals surface area contributed by atoms with Gasteiger partial charge in [0, 0.05) is 36.9 Å². The summed E-state index contributed by atoms with van der Waals surface area (Å²) in [6.45, 7) is 3.16. The van der Waals surface area contributed by atoms with Crippen LogP contribution in [0.3, 0.4) is 0 Å². The number of hydrogen-bond donors (Lipinski definition) is 0. The lowest BCUT2D eigenvalue weighted by atomic mass is 10.2. The molecule has 20 heavy (non-hydrogen) atoms. The number of ether oxygens (including phenoxy) is 2. The second-order valence-electron chi connectivity index (χ2n) is 4.77. The molecule has 1 aromatic rings. The molecule has 1 saturated heterocycles. The van der Waals surface area contributed by atoms with E-state index >= 15 is 0 Å². The van der Waals surface area contributed by atoms with Gasteiger partial charge >= 0.3 is 0 Å². The van der Waals surface area contributed by atoms with Crippen LogP contribution in [0.5, 0.6) is 11.5 Å². The molecule has 0 bridgehead atoms. The summed E-state index contributed by atoms with van der Waals surface area (Å²) < 4.78 is 11.0. The predicted octanol–water partition coefficient (Wildman–Crippen LogP) is 1.84. The maximum atomic E-state index is 12.1. The van der Waals surface area contributed by atoms with Gasteiger partial charge in [-0.25, -0.2) is 0 Å². The van der Waals surface area contributed by atoms with Crippen molar-refractivity contribution in [3.05, 3.63) is 18.2 Å². The number of carbonyl (C=O) groups is 2. The largest absolute Gasteiger partial charge is 0.486 e. The zero-order valence-electron chi connectivity index (χ0n) is 11.1. The third-order valence-electron chi connectivity index (χ3n) is 3.26. The first-order valence-corrected chi connectivity index (χ1v) is 7.38. The number of anilines is 1. The lowest BCUT2D eigenvalue weighted by Crippen LogP contribution is -2.25. The summed E-state index contributed by atoms with van der Waals surface area (Å²) in [4.78, 5) is 24.9. The van der Waals surface area contributed by atoms with Gasteiger partial charge in [0.05, 0.1) is 0 Å². The van der Waals surface area contributed by atoms with Crippen molar-refractivity contribution in [3.63, 3.8) is 0 Å². The molecule has 0 aliphatic carbocycles. The average Bonchev–Trinajstić information content (AvgIpc) is 2.78. The summed E-state index contributed by atoms with van der Waals surface area (Å²) in [5.41, 5.74) is 0.797. The van der Waals surface area contributed by atoms with E-state index in [0.29, 0.717) is 37.7 Å². The van der Waals surface area contributed by atoms with Gasteiger partial charge in [-0.15, -0.1) is 0 Å². The maximum Gasteiger partial charge on any atom is 0.228 e. The minimum Gasteiger partial charge on any atom is -0.486 e. The number of carbonyl (C=O) groups excluding carboxylic acids is 2. The molecule has 0 spiro atoms. The Hall–Kier alpha value is -1.69. The highest BCUT2D eigenvalue weighted by Gasteiger charge is 2.32. The first kappa shape index (κ1) is 13.3. The Morgan fingerprint density at radius 2 is 2.05 bits per heavy atom. The third-order valence-corrected chi connectivity index (χ3v) is 4.24. The fourth-order valence-corrected chi connectivity index (χ4v) is 3.36. The number of benzene rings is 1. The van der Waals surface area contributed by atoms with Crippen molar-refractivity contribution in [2.24, 2.45) is 0 Å². The number of fused-ring (bicyclic) bond motifs is 1. The number of nitrogens with zero attached hydrogens (tertiary/aromatic N) is 1. The zero-order valence-corrected chi connectivity index (χ0v) is 11.9. The summed E-state index contributed by atoms with van der Waals surface area (Å²) in [6, 6.07) is 5.50. The molecule has 3 rings (SSSR count). The van der Waals surface area contributed by atoms with Crippen molar-refractivity contribution >= 4 is 28.5 Å². The van der Waals surface area contributed by atoms with Crippen molar-refractivity contribution in [3.8, 4) is 11.5 Å². The normalized spacial score (nSPS) is 21.1. The van der Waals surface area contributed by atoms with Crippen LogP contribution in [0.1, 0.15) is 13.3 Å². The van der Waals surface area contributed by atoms with Crippen molar-refractivity contribution in [2.45, 2.75) is 18.6 Å². The third kappa shape index (κ3) is 2.60. The van der Waals surface area contributed by atoms with E-state index < -0.39 is 0 Å². The van der Waals surface area contributed by atoms with E-state index in [4.69, 9.17) is 9.47 Å². The van der Waals surface area contributed by atoms with Crippen LogP contribution in [0.4, 0.5) is 5.69 Å². The minimum atomic E-state index is 0.0354. The topological polar surface area (TPSA) is 55.8 Å².